The number of fused-ring (bicyclic) bond motifs is 1. The van der Waals surface area contributed by atoms with Crippen LogP contribution in [-0.2, 0) is 10.3 Å². The molecule has 1 aromatic heterocycles. The summed E-state index contributed by atoms with van der Waals surface area (Å²) in [5.41, 5.74) is -2.48. The van der Waals surface area contributed by atoms with Gasteiger partial charge in [0.05, 0.1) is 5.92 Å². The second-order valence-corrected chi connectivity index (χ2v) is 4.44. The van der Waals surface area contributed by atoms with Crippen molar-refractivity contribution in [3.05, 3.63) is 23.8 Å². The number of methoxy groups -OCH3 is 1. The van der Waals surface area contributed by atoms with Gasteiger partial charge in [-0.25, -0.2) is 4.98 Å². The molecule has 0 bridgehead atoms. The SMILES string of the molecule is COC(C1C(=O)c2nccnc2C1(C)O)C(F)(F)F. The van der Waals surface area contributed by atoms with Gasteiger partial charge in [-0.05, 0) is 6.92 Å². The maximum atomic E-state index is 12.9. The van der Waals surface area contributed by atoms with Gasteiger partial charge in [-0.15, -0.1) is 0 Å². The molecule has 0 fully saturated rings. The molecule has 0 amide bonds. The Morgan fingerprint density at radius 2 is 2.00 bits per heavy atom. The van der Waals surface area contributed by atoms with E-state index in [9.17, 15) is 23.1 Å². The number of ketones is 1. The summed E-state index contributed by atoms with van der Waals surface area (Å²) < 4.78 is 43.0. The van der Waals surface area contributed by atoms with Crippen molar-refractivity contribution in [1.29, 1.82) is 0 Å². The normalized spacial score (nSPS) is 28.3. The van der Waals surface area contributed by atoms with Crippen molar-refractivity contribution in [2.75, 3.05) is 7.11 Å². The number of carbonyl (C=O) groups is 1. The summed E-state index contributed by atoms with van der Waals surface area (Å²) in [4.78, 5) is 19.5. The number of halogens is 3. The predicted octanol–water partition coefficient (Wildman–Crippen LogP) is 1.07. The number of hydrogen-bond donors (Lipinski definition) is 1. The van der Waals surface area contributed by atoms with Crippen LogP contribution in [0.15, 0.2) is 12.4 Å². The minimum atomic E-state index is -4.78. The fourth-order valence-corrected chi connectivity index (χ4v) is 2.33. The largest absolute Gasteiger partial charge is 0.415 e. The molecule has 104 valence electrons. The molecule has 5 nitrogen and oxygen atoms in total. The van der Waals surface area contributed by atoms with Gasteiger partial charge in [0.2, 0.25) is 0 Å². The minimum absolute atomic E-state index is 0.156. The summed E-state index contributed by atoms with van der Waals surface area (Å²) >= 11 is 0. The summed E-state index contributed by atoms with van der Waals surface area (Å²) in [5.74, 6) is -2.73. The van der Waals surface area contributed by atoms with E-state index < -0.39 is 29.6 Å². The Bertz CT molecular complexity index is 516. The Morgan fingerprint density at radius 1 is 1.42 bits per heavy atom. The van der Waals surface area contributed by atoms with E-state index >= 15 is 0 Å². The second kappa shape index (κ2) is 4.24. The number of aliphatic hydroxyl groups is 1. The Balaban J connectivity index is 2.53. The molecule has 1 heterocycles. The third-order valence-corrected chi connectivity index (χ3v) is 3.18. The Hall–Kier alpha value is -1.54. The summed E-state index contributed by atoms with van der Waals surface area (Å²) in [6.45, 7) is 1.10. The Labute approximate surface area is 106 Å². The van der Waals surface area contributed by atoms with Crippen LogP contribution in [0.4, 0.5) is 13.2 Å². The van der Waals surface area contributed by atoms with E-state index in [4.69, 9.17) is 0 Å². The predicted molar refractivity (Wildman–Crippen MR) is 56.3 cm³/mol. The van der Waals surface area contributed by atoms with E-state index in [1.165, 1.54) is 12.4 Å². The standard InChI is InChI=1S/C11H11F3N2O3/c1-10(18)5(9(19-2)11(12,13)14)7(17)6-8(10)16-4-3-15-6/h3-5,9,18H,1-2H3. The first-order chi connectivity index (χ1) is 8.71. The number of ether oxygens (including phenoxy) is 1. The quantitative estimate of drug-likeness (QED) is 0.875. The molecule has 0 saturated carbocycles. The molecule has 0 radical (unpaired) electrons. The van der Waals surface area contributed by atoms with E-state index in [0.29, 0.717) is 0 Å². The van der Waals surface area contributed by atoms with Crippen molar-refractivity contribution in [2.45, 2.75) is 24.8 Å². The van der Waals surface area contributed by atoms with Gasteiger partial charge in [-0.2, -0.15) is 13.2 Å². The smallest absolute Gasteiger partial charge is 0.383 e. The third kappa shape index (κ3) is 2.00. The Kier molecular flexibility index (Phi) is 3.10. The monoisotopic (exact) mass is 276 g/mol. The lowest BCUT2D eigenvalue weighted by molar-refractivity contribution is -0.239. The van der Waals surface area contributed by atoms with Gasteiger partial charge in [0.25, 0.3) is 0 Å². The van der Waals surface area contributed by atoms with Crippen LogP contribution in [0, 0.1) is 5.92 Å². The van der Waals surface area contributed by atoms with Crippen LogP contribution < -0.4 is 0 Å². The third-order valence-electron chi connectivity index (χ3n) is 3.18. The summed E-state index contributed by atoms with van der Waals surface area (Å²) in [6.07, 6.45) is -4.80. The molecule has 3 unspecified atom stereocenters. The number of Topliss-reactive ketones (excluding diaryl/α,β-unsaturated/α-hetero) is 1. The van der Waals surface area contributed by atoms with E-state index in [1.54, 1.807) is 0 Å². The lowest BCUT2D eigenvalue weighted by atomic mass is 9.85. The number of nitrogens with zero attached hydrogens (tertiary/aromatic N) is 2. The van der Waals surface area contributed by atoms with Crippen molar-refractivity contribution < 1.29 is 27.8 Å². The number of carbonyl (C=O) groups excluding carboxylic acids is 1. The van der Waals surface area contributed by atoms with Gasteiger partial charge in [-0.3, -0.25) is 9.78 Å². The highest BCUT2D eigenvalue weighted by molar-refractivity contribution is 6.01. The highest BCUT2D eigenvalue weighted by Crippen LogP contribution is 2.45. The van der Waals surface area contributed by atoms with Crippen molar-refractivity contribution in [2.24, 2.45) is 5.92 Å². The first-order valence-electron chi connectivity index (χ1n) is 5.38. The molecule has 1 N–H and O–H groups in total. The van der Waals surface area contributed by atoms with Crippen molar-refractivity contribution >= 4 is 5.78 Å². The molecule has 8 heteroatoms. The number of aromatic nitrogens is 2. The maximum absolute atomic E-state index is 12.9. The van der Waals surface area contributed by atoms with E-state index in [1.807, 2.05) is 0 Å². The topological polar surface area (TPSA) is 72.3 Å². The lowest BCUT2D eigenvalue weighted by Crippen LogP contribution is -2.48. The molecule has 19 heavy (non-hydrogen) atoms. The molecule has 0 spiro atoms. The first-order valence-corrected chi connectivity index (χ1v) is 5.38. The van der Waals surface area contributed by atoms with Crippen LogP contribution in [0.25, 0.3) is 0 Å². The molecule has 1 aliphatic carbocycles. The van der Waals surface area contributed by atoms with Gasteiger partial charge < -0.3 is 9.84 Å². The molecular formula is C11H11F3N2O3. The van der Waals surface area contributed by atoms with Gasteiger partial charge in [0.15, 0.2) is 11.9 Å². The van der Waals surface area contributed by atoms with E-state index in [0.717, 1.165) is 14.0 Å². The van der Waals surface area contributed by atoms with Gasteiger partial charge in [-0.1, -0.05) is 0 Å². The summed E-state index contributed by atoms with van der Waals surface area (Å²) in [6, 6.07) is 0. The zero-order valence-corrected chi connectivity index (χ0v) is 10.1. The molecular weight excluding hydrogens is 265 g/mol. The number of alkyl halides is 3. The summed E-state index contributed by atoms with van der Waals surface area (Å²) in [7, 11) is 0.839. The molecule has 0 aliphatic heterocycles. The van der Waals surface area contributed by atoms with Gasteiger partial charge in [0.1, 0.15) is 17.0 Å². The second-order valence-electron chi connectivity index (χ2n) is 4.44. The van der Waals surface area contributed by atoms with Crippen molar-refractivity contribution in [1.82, 2.24) is 9.97 Å². The zero-order chi connectivity index (χ0) is 14.4. The van der Waals surface area contributed by atoms with Crippen LogP contribution in [0.1, 0.15) is 23.1 Å². The minimum Gasteiger partial charge on any atom is -0.383 e. The Morgan fingerprint density at radius 3 is 2.47 bits per heavy atom. The molecule has 1 aliphatic rings. The molecule has 3 atom stereocenters. The number of rotatable bonds is 2. The average Bonchev–Trinajstić information content (AvgIpc) is 2.51. The lowest BCUT2D eigenvalue weighted by Gasteiger charge is -2.31. The van der Waals surface area contributed by atoms with Crippen LogP contribution in [-0.4, -0.2) is 40.2 Å². The van der Waals surface area contributed by atoms with E-state index in [2.05, 4.69) is 14.7 Å². The molecule has 1 aromatic rings. The summed E-state index contributed by atoms with van der Waals surface area (Å²) in [5, 5.41) is 10.2. The first kappa shape index (κ1) is 13.9. The highest BCUT2D eigenvalue weighted by Gasteiger charge is 2.60. The average molecular weight is 276 g/mol. The van der Waals surface area contributed by atoms with E-state index in [-0.39, 0.29) is 11.4 Å². The highest BCUT2D eigenvalue weighted by atomic mass is 19.4. The molecule has 0 aromatic carbocycles. The maximum Gasteiger partial charge on any atom is 0.415 e. The fourth-order valence-electron chi connectivity index (χ4n) is 2.33. The number of hydrogen-bond acceptors (Lipinski definition) is 5. The van der Waals surface area contributed by atoms with Crippen LogP contribution in [0.5, 0.6) is 0 Å². The van der Waals surface area contributed by atoms with Crippen LogP contribution >= 0.6 is 0 Å². The fraction of sp³-hybridized carbons (Fsp3) is 0.545. The van der Waals surface area contributed by atoms with Crippen LogP contribution in [0.2, 0.25) is 0 Å². The molecule has 0 saturated heterocycles. The van der Waals surface area contributed by atoms with Crippen molar-refractivity contribution in [3.8, 4) is 0 Å². The molecule has 2 rings (SSSR count). The van der Waals surface area contributed by atoms with Crippen molar-refractivity contribution in [3.63, 3.8) is 0 Å². The van der Waals surface area contributed by atoms with Crippen LogP contribution in [0.3, 0.4) is 0 Å². The van der Waals surface area contributed by atoms with Gasteiger partial charge in [0, 0.05) is 19.5 Å². The zero-order valence-electron chi connectivity index (χ0n) is 10.1. The van der Waals surface area contributed by atoms with Gasteiger partial charge >= 0.3 is 6.18 Å².